The number of nitrogens with one attached hydrogen (secondary N) is 2. The number of carbonyl (C=O) groups excluding carboxylic acids is 2. The van der Waals surface area contributed by atoms with Crippen molar-refractivity contribution < 1.29 is 14.0 Å². The van der Waals surface area contributed by atoms with Crippen LogP contribution >= 0.6 is 0 Å². The van der Waals surface area contributed by atoms with Gasteiger partial charge in [-0.25, -0.2) is 4.39 Å². The second kappa shape index (κ2) is 6.96. The Kier molecular flexibility index (Phi) is 4.33. The van der Waals surface area contributed by atoms with E-state index >= 15 is 0 Å². The van der Waals surface area contributed by atoms with Gasteiger partial charge in [0, 0.05) is 33.3 Å². The van der Waals surface area contributed by atoms with E-state index in [1.807, 2.05) is 0 Å². The highest BCUT2D eigenvalue weighted by atomic mass is 19.1. The second-order valence-corrected chi connectivity index (χ2v) is 6.19. The molecule has 7 heteroatoms. The number of aromatic nitrogens is 2. The maximum absolute atomic E-state index is 14.5. The first-order chi connectivity index (χ1) is 13.5. The average Bonchev–Trinajstić information content (AvgIpc) is 3.17. The Morgan fingerprint density at radius 2 is 1.68 bits per heavy atom. The van der Waals surface area contributed by atoms with Crippen LogP contribution in [-0.4, -0.2) is 22.0 Å². The van der Waals surface area contributed by atoms with Crippen LogP contribution in [0.2, 0.25) is 0 Å². The molecule has 0 fully saturated rings. The summed E-state index contributed by atoms with van der Waals surface area (Å²) in [6.07, 6.45) is 1.59. The lowest BCUT2D eigenvalue weighted by atomic mass is 9.99. The van der Waals surface area contributed by atoms with E-state index in [1.54, 1.807) is 36.5 Å². The number of amides is 2. The second-order valence-electron chi connectivity index (χ2n) is 6.19. The van der Waals surface area contributed by atoms with E-state index in [2.05, 4.69) is 15.5 Å². The fourth-order valence-electron chi connectivity index (χ4n) is 3.06. The summed E-state index contributed by atoms with van der Waals surface area (Å²) in [5.74, 6) is -1.37. The number of hydrogen-bond acceptors (Lipinski definition) is 3. The SMILES string of the molecule is NC(=O)c1ccc(C(=O)Nc2ccc3[nH]ncc3c2-c2ccccc2F)cc1. The van der Waals surface area contributed by atoms with Crippen molar-refractivity contribution in [2.75, 3.05) is 5.32 Å². The molecule has 0 unspecified atom stereocenters. The number of aromatic amines is 1. The van der Waals surface area contributed by atoms with E-state index in [1.165, 1.54) is 30.3 Å². The first-order valence-electron chi connectivity index (χ1n) is 8.47. The van der Waals surface area contributed by atoms with Gasteiger partial charge in [0.05, 0.1) is 11.7 Å². The molecule has 0 saturated heterocycles. The molecule has 0 aliphatic rings. The van der Waals surface area contributed by atoms with Gasteiger partial charge in [0.15, 0.2) is 0 Å². The largest absolute Gasteiger partial charge is 0.366 e. The number of halogens is 1. The summed E-state index contributed by atoms with van der Waals surface area (Å²) >= 11 is 0. The molecule has 2 amide bonds. The zero-order chi connectivity index (χ0) is 19.7. The number of primary amides is 1. The number of nitrogens with two attached hydrogens (primary N) is 1. The van der Waals surface area contributed by atoms with Crippen molar-refractivity contribution in [3.63, 3.8) is 0 Å². The predicted molar refractivity (Wildman–Crippen MR) is 104 cm³/mol. The highest BCUT2D eigenvalue weighted by Crippen LogP contribution is 2.36. The Labute approximate surface area is 159 Å². The van der Waals surface area contributed by atoms with Gasteiger partial charge < -0.3 is 11.1 Å². The van der Waals surface area contributed by atoms with Crippen LogP contribution in [0, 0.1) is 5.82 Å². The fourth-order valence-corrected chi connectivity index (χ4v) is 3.06. The summed E-state index contributed by atoms with van der Waals surface area (Å²) in [5, 5.41) is 10.4. The van der Waals surface area contributed by atoms with Crippen molar-refractivity contribution in [1.29, 1.82) is 0 Å². The van der Waals surface area contributed by atoms with Gasteiger partial charge >= 0.3 is 0 Å². The summed E-state index contributed by atoms with van der Waals surface area (Å²) in [7, 11) is 0. The van der Waals surface area contributed by atoms with E-state index in [0.717, 1.165) is 5.52 Å². The van der Waals surface area contributed by atoms with Gasteiger partial charge in [-0.1, -0.05) is 18.2 Å². The summed E-state index contributed by atoms with van der Waals surface area (Å²) < 4.78 is 14.5. The minimum absolute atomic E-state index is 0.309. The van der Waals surface area contributed by atoms with Crippen LogP contribution in [0.5, 0.6) is 0 Å². The Morgan fingerprint density at radius 3 is 2.39 bits per heavy atom. The van der Waals surface area contributed by atoms with Gasteiger partial charge in [-0.15, -0.1) is 0 Å². The molecular weight excluding hydrogens is 359 g/mol. The quantitative estimate of drug-likeness (QED) is 0.507. The first-order valence-corrected chi connectivity index (χ1v) is 8.47. The van der Waals surface area contributed by atoms with Crippen LogP contribution in [0.3, 0.4) is 0 Å². The third-order valence-electron chi connectivity index (χ3n) is 4.45. The predicted octanol–water partition coefficient (Wildman–Crippen LogP) is 3.72. The van der Waals surface area contributed by atoms with Crippen LogP contribution in [-0.2, 0) is 0 Å². The summed E-state index contributed by atoms with van der Waals surface area (Å²) in [5.41, 5.74) is 7.93. The van der Waals surface area contributed by atoms with Crippen molar-refractivity contribution in [1.82, 2.24) is 10.2 Å². The minimum atomic E-state index is -0.570. The van der Waals surface area contributed by atoms with Gasteiger partial charge in [-0.2, -0.15) is 5.10 Å². The van der Waals surface area contributed by atoms with Gasteiger partial charge in [0.1, 0.15) is 5.82 Å². The van der Waals surface area contributed by atoms with Crippen molar-refractivity contribution in [2.45, 2.75) is 0 Å². The number of benzene rings is 3. The smallest absolute Gasteiger partial charge is 0.255 e. The number of nitrogens with zero attached hydrogens (tertiary/aromatic N) is 1. The summed E-state index contributed by atoms with van der Waals surface area (Å²) in [6.45, 7) is 0. The Balaban J connectivity index is 1.77. The minimum Gasteiger partial charge on any atom is -0.366 e. The van der Waals surface area contributed by atoms with Gasteiger partial charge in [0.25, 0.3) is 5.91 Å². The van der Waals surface area contributed by atoms with E-state index in [4.69, 9.17) is 5.73 Å². The molecule has 0 bridgehead atoms. The topological polar surface area (TPSA) is 101 Å². The number of anilines is 1. The fraction of sp³-hybridized carbons (Fsp3) is 0. The van der Waals surface area contributed by atoms with Gasteiger partial charge in [-0.05, 0) is 42.5 Å². The standard InChI is InChI=1S/C21H15FN4O2/c22-16-4-2-1-3-14(16)19-15-11-24-26-17(15)9-10-18(19)25-21(28)13-7-5-12(6-8-13)20(23)27/h1-11H,(H2,23,27)(H,24,26)(H,25,28). The van der Waals surface area contributed by atoms with Gasteiger partial charge in [0.2, 0.25) is 5.91 Å². The maximum atomic E-state index is 14.5. The van der Waals surface area contributed by atoms with Crippen LogP contribution in [0.25, 0.3) is 22.0 Å². The molecule has 28 heavy (non-hydrogen) atoms. The van der Waals surface area contributed by atoms with Gasteiger partial charge in [-0.3, -0.25) is 14.7 Å². The Morgan fingerprint density at radius 1 is 0.964 bits per heavy atom. The molecule has 138 valence electrons. The molecule has 0 aliphatic heterocycles. The molecule has 0 aliphatic carbocycles. The van der Waals surface area contributed by atoms with Crippen molar-refractivity contribution in [3.05, 3.63) is 83.8 Å². The van der Waals surface area contributed by atoms with Crippen LogP contribution in [0.1, 0.15) is 20.7 Å². The number of carbonyl (C=O) groups is 2. The molecule has 4 N–H and O–H groups in total. The molecule has 0 atom stereocenters. The third kappa shape index (κ3) is 3.09. The molecule has 0 radical (unpaired) electrons. The molecule has 1 aromatic heterocycles. The van der Waals surface area contributed by atoms with E-state index in [-0.39, 0.29) is 0 Å². The molecule has 1 heterocycles. The zero-order valence-corrected chi connectivity index (χ0v) is 14.6. The molecule has 6 nitrogen and oxygen atoms in total. The molecular formula is C21H15FN4O2. The number of hydrogen-bond donors (Lipinski definition) is 3. The maximum Gasteiger partial charge on any atom is 0.255 e. The number of H-pyrrole nitrogens is 1. The molecule has 4 aromatic rings. The zero-order valence-electron chi connectivity index (χ0n) is 14.6. The van der Waals surface area contributed by atoms with E-state index in [9.17, 15) is 14.0 Å². The van der Waals surface area contributed by atoms with E-state index < -0.39 is 17.6 Å². The lowest BCUT2D eigenvalue weighted by Crippen LogP contribution is -2.14. The highest BCUT2D eigenvalue weighted by Gasteiger charge is 2.17. The lowest BCUT2D eigenvalue weighted by molar-refractivity contribution is 0.0995. The molecule has 0 saturated carbocycles. The normalized spacial score (nSPS) is 10.8. The molecule has 3 aromatic carbocycles. The first kappa shape index (κ1) is 17.4. The van der Waals surface area contributed by atoms with E-state index in [0.29, 0.717) is 33.3 Å². The monoisotopic (exact) mass is 374 g/mol. The van der Waals surface area contributed by atoms with Crippen molar-refractivity contribution in [3.8, 4) is 11.1 Å². The number of fused-ring (bicyclic) bond motifs is 1. The average molecular weight is 374 g/mol. The lowest BCUT2D eigenvalue weighted by Gasteiger charge is -2.13. The molecule has 4 rings (SSSR count). The van der Waals surface area contributed by atoms with Crippen LogP contribution < -0.4 is 11.1 Å². The van der Waals surface area contributed by atoms with Crippen LogP contribution in [0.4, 0.5) is 10.1 Å². The summed E-state index contributed by atoms with van der Waals surface area (Å²) in [4.78, 5) is 23.9. The van der Waals surface area contributed by atoms with Crippen LogP contribution in [0.15, 0.2) is 66.9 Å². The summed E-state index contributed by atoms with van der Waals surface area (Å²) in [6, 6.07) is 15.8. The van der Waals surface area contributed by atoms with Crippen molar-refractivity contribution >= 4 is 28.4 Å². The Hall–Kier alpha value is -4.00. The van der Waals surface area contributed by atoms with Crippen molar-refractivity contribution in [2.24, 2.45) is 5.73 Å². The third-order valence-corrected chi connectivity index (χ3v) is 4.45. The molecule has 0 spiro atoms. The Bertz CT molecular complexity index is 1200. The highest BCUT2D eigenvalue weighted by molar-refractivity contribution is 6.10. The number of rotatable bonds is 4.